The summed E-state index contributed by atoms with van der Waals surface area (Å²) in [5.41, 5.74) is 0. The molecule has 200 valence electrons. The second kappa shape index (κ2) is 11.6. The number of ether oxygens (including phenoxy) is 5. The van der Waals surface area contributed by atoms with Gasteiger partial charge in [-0.3, -0.25) is 0 Å². The molecule has 3 aliphatic heterocycles. The summed E-state index contributed by atoms with van der Waals surface area (Å²) in [5.74, 6) is 0. The number of aliphatic hydroxyl groups is 11. The van der Waals surface area contributed by atoms with Crippen LogP contribution in [0.3, 0.4) is 0 Å². The minimum Gasteiger partial charge on any atom is -0.394 e. The zero-order valence-electron chi connectivity index (χ0n) is 17.7. The first-order valence-electron chi connectivity index (χ1n) is 10.6. The summed E-state index contributed by atoms with van der Waals surface area (Å²) in [4.78, 5) is 0. The Morgan fingerprint density at radius 3 is 1.47 bits per heavy atom. The Morgan fingerprint density at radius 1 is 0.441 bits per heavy atom. The van der Waals surface area contributed by atoms with Gasteiger partial charge in [0.1, 0.15) is 73.2 Å². The van der Waals surface area contributed by atoms with Crippen molar-refractivity contribution in [2.24, 2.45) is 0 Å². The first-order chi connectivity index (χ1) is 16.0. The molecule has 3 fully saturated rings. The van der Waals surface area contributed by atoms with Crippen molar-refractivity contribution in [1.82, 2.24) is 0 Å². The predicted molar refractivity (Wildman–Crippen MR) is 101 cm³/mol. The van der Waals surface area contributed by atoms with E-state index in [-0.39, 0.29) is 0 Å². The summed E-state index contributed by atoms with van der Waals surface area (Å²) in [5, 5.41) is 109. The third kappa shape index (κ3) is 5.37. The Bertz CT molecular complexity index is 637. The number of hydrogen-bond acceptors (Lipinski definition) is 16. The summed E-state index contributed by atoms with van der Waals surface area (Å²) in [6.07, 6.45) is -25.6. The molecule has 3 saturated heterocycles. The zero-order chi connectivity index (χ0) is 25.3. The van der Waals surface area contributed by atoms with Gasteiger partial charge in [0.05, 0.1) is 19.8 Å². The van der Waals surface area contributed by atoms with Crippen molar-refractivity contribution < 1.29 is 79.9 Å². The van der Waals surface area contributed by atoms with Crippen LogP contribution in [0, 0.1) is 0 Å². The molecule has 0 amide bonds. The lowest BCUT2D eigenvalue weighted by molar-refractivity contribution is -0.387. The molecule has 0 aromatic heterocycles. The van der Waals surface area contributed by atoms with Crippen molar-refractivity contribution in [2.75, 3.05) is 19.8 Å². The van der Waals surface area contributed by atoms with Gasteiger partial charge in [0, 0.05) is 0 Å². The van der Waals surface area contributed by atoms with Gasteiger partial charge in [0.2, 0.25) is 0 Å². The molecular formula is C18H32O16. The summed E-state index contributed by atoms with van der Waals surface area (Å²) in [6, 6.07) is 0. The van der Waals surface area contributed by atoms with E-state index in [9.17, 15) is 56.2 Å². The molecule has 0 bridgehead atoms. The molecule has 0 radical (unpaired) electrons. The van der Waals surface area contributed by atoms with E-state index in [1.807, 2.05) is 0 Å². The summed E-state index contributed by atoms with van der Waals surface area (Å²) in [6.45, 7) is -2.35. The average molecular weight is 504 g/mol. The molecule has 16 nitrogen and oxygen atoms in total. The van der Waals surface area contributed by atoms with Crippen molar-refractivity contribution in [3.8, 4) is 0 Å². The Balaban J connectivity index is 1.84. The van der Waals surface area contributed by atoms with Crippen LogP contribution in [0.2, 0.25) is 0 Å². The highest BCUT2D eigenvalue weighted by atomic mass is 16.8. The third-order valence-electron chi connectivity index (χ3n) is 6.09. The molecule has 0 aromatic rings. The molecule has 0 aromatic carbocycles. The van der Waals surface area contributed by atoms with Gasteiger partial charge in [-0.2, -0.15) is 0 Å². The summed E-state index contributed by atoms with van der Waals surface area (Å²) >= 11 is 0. The lowest BCUT2D eigenvalue weighted by atomic mass is 9.96. The van der Waals surface area contributed by atoms with Crippen LogP contribution in [0.25, 0.3) is 0 Å². The largest absolute Gasteiger partial charge is 0.394 e. The molecule has 3 heterocycles. The highest BCUT2D eigenvalue weighted by Gasteiger charge is 2.53. The van der Waals surface area contributed by atoms with Crippen LogP contribution in [0.1, 0.15) is 0 Å². The molecule has 11 N–H and O–H groups in total. The first kappa shape index (κ1) is 27.9. The van der Waals surface area contributed by atoms with Gasteiger partial charge in [-0.25, -0.2) is 0 Å². The van der Waals surface area contributed by atoms with Crippen LogP contribution < -0.4 is 0 Å². The fourth-order valence-electron chi connectivity index (χ4n) is 4.04. The summed E-state index contributed by atoms with van der Waals surface area (Å²) < 4.78 is 26.7. The maximum Gasteiger partial charge on any atom is 0.187 e. The molecule has 16 heteroatoms. The zero-order valence-corrected chi connectivity index (χ0v) is 17.7. The lowest BCUT2D eigenvalue weighted by Gasteiger charge is -2.48. The van der Waals surface area contributed by atoms with Crippen LogP contribution in [0.5, 0.6) is 0 Å². The van der Waals surface area contributed by atoms with Crippen LogP contribution in [-0.4, -0.2) is 168 Å². The highest BCUT2D eigenvalue weighted by molar-refractivity contribution is 4.96. The molecule has 0 spiro atoms. The molecule has 1 unspecified atom stereocenters. The standard InChI is InChI=1S/C18H32O16/c19-1-4-7(22)9(24)13(28)17(31-4)34-15-10(25)8(23)5(2-20)32-18(15)33-14-6(3-21)30-16(29)12(27)11(14)26/h4-29H,1-3H2/t4-,5-,6-,7-,8-,9+,10+,11-,12-,13-,14-,15-,16?,17-,18+/m1/s1. The van der Waals surface area contributed by atoms with Gasteiger partial charge in [0.15, 0.2) is 18.9 Å². The van der Waals surface area contributed by atoms with Gasteiger partial charge in [-0.05, 0) is 0 Å². The SMILES string of the molecule is OC[C@H]1O[C@H](O[C@H]2[C@H](O[C@H]3[C@H](O)[C@@H](O)C(O)O[C@@H]3CO)O[C@H](CO)[C@@H](O)[C@@H]2O)[C@H](O)[C@@H](O)[C@@H]1O. The Morgan fingerprint density at radius 2 is 0.912 bits per heavy atom. The average Bonchev–Trinajstić information content (AvgIpc) is 2.83. The smallest absolute Gasteiger partial charge is 0.187 e. The van der Waals surface area contributed by atoms with Crippen LogP contribution in [0.15, 0.2) is 0 Å². The van der Waals surface area contributed by atoms with E-state index in [0.717, 1.165) is 0 Å². The molecular weight excluding hydrogens is 472 g/mol. The molecule has 3 rings (SSSR count). The normalized spacial score (nSPS) is 52.5. The van der Waals surface area contributed by atoms with E-state index in [1.54, 1.807) is 0 Å². The van der Waals surface area contributed by atoms with Gasteiger partial charge >= 0.3 is 0 Å². The Hall–Kier alpha value is -0.640. The second-order valence-electron chi connectivity index (χ2n) is 8.33. The van der Waals surface area contributed by atoms with Crippen molar-refractivity contribution in [2.45, 2.75) is 92.1 Å². The van der Waals surface area contributed by atoms with E-state index in [2.05, 4.69) is 0 Å². The van der Waals surface area contributed by atoms with E-state index < -0.39 is 112 Å². The summed E-state index contributed by atoms with van der Waals surface area (Å²) in [7, 11) is 0. The van der Waals surface area contributed by atoms with Crippen molar-refractivity contribution in [1.29, 1.82) is 0 Å². The minimum absolute atomic E-state index is 0.770. The monoisotopic (exact) mass is 504 g/mol. The van der Waals surface area contributed by atoms with E-state index in [1.165, 1.54) is 0 Å². The lowest BCUT2D eigenvalue weighted by Crippen LogP contribution is -2.66. The van der Waals surface area contributed by atoms with Crippen LogP contribution >= 0.6 is 0 Å². The maximum absolute atomic E-state index is 10.6. The Labute approximate surface area is 192 Å². The molecule has 0 saturated carbocycles. The highest BCUT2D eigenvalue weighted by Crippen LogP contribution is 2.32. The fraction of sp³-hybridized carbons (Fsp3) is 1.00. The number of rotatable bonds is 7. The minimum atomic E-state index is -1.89. The van der Waals surface area contributed by atoms with Gasteiger partial charge in [0.25, 0.3) is 0 Å². The molecule has 0 aliphatic carbocycles. The van der Waals surface area contributed by atoms with Crippen molar-refractivity contribution in [3.05, 3.63) is 0 Å². The van der Waals surface area contributed by atoms with E-state index in [4.69, 9.17) is 23.7 Å². The van der Waals surface area contributed by atoms with Crippen LogP contribution in [-0.2, 0) is 23.7 Å². The maximum atomic E-state index is 10.6. The predicted octanol–water partition coefficient (Wildman–Crippen LogP) is -7.57. The number of aliphatic hydroxyl groups excluding tert-OH is 11. The third-order valence-corrected chi connectivity index (χ3v) is 6.09. The van der Waals surface area contributed by atoms with E-state index >= 15 is 0 Å². The Kier molecular flexibility index (Phi) is 9.54. The van der Waals surface area contributed by atoms with Gasteiger partial charge in [-0.1, -0.05) is 0 Å². The van der Waals surface area contributed by atoms with Gasteiger partial charge in [-0.15, -0.1) is 0 Å². The first-order valence-corrected chi connectivity index (χ1v) is 10.6. The van der Waals surface area contributed by atoms with Gasteiger partial charge < -0.3 is 79.9 Å². The molecule has 34 heavy (non-hydrogen) atoms. The van der Waals surface area contributed by atoms with Crippen molar-refractivity contribution >= 4 is 0 Å². The molecule has 15 atom stereocenters. The topological polar surface area (TPSA) is 269 Å². The fourth-order valence-corrected chi connectivity index (χ4v) is 4.04. The van der Waals surface area contributed by atoms with Crippen molar-refractivity contribution in [3.63, 3.8) is 0 Å². The van der Waals surface area contributed by atoms with Crippen LogP contribution in [0.4, 0.5) is 0 Å². The quantitative estimate of drug-likeness (QED) is 0.154. The van der Waals surface area contributed by atoms with E-state index in [0.29, 0.717) is 0 Å². The number of hydrogen-bond donors (Lipinski definition) is 11. The molecule has 3 aliphatic rings. The second-order valence-corrected chi connectivity index (χ2v) is 8.33.